The molecular weight excluding hydrogens is 444 g/mol. The molecule has 0 bridgehead atoms. The molecule has 1 amide bonds. The Kier molecular flexibility index (Phi) is 5.75. The number of likely N-dealkylation sites (tertiary alicyclic amines) is 1. The molecule has 154 valence electrons. The topological polar surface area (TPSA) is 103 Å². The molecule has 1 aliphatic rings. The number of pyridine rings is 1. The van der Waals surface area contributed by atoms with Gasteiger partial charge >= 0.3 is 0 Å². The van der Waals surface area contributed by atoms with E-state index in [1.165, 1.54) is 6.07 Å². The van der Waals surface area contributed by atoms with Gasteiger partial charge in [-0.25, -0.2) is 18.1 Å². The van der Waals surface area contributed by atoms with Crippen molar-refractivity contribution in [3.8, 4) is 6.07 Å². The molecule has 1 fully saturated rings. The summed E-state index contributed by atoms with van der Waals surface area (Å²) in [6.07, 6.45) is 0.572. The summed E-state index contributed by atoms with van der Waals surface area (Å²) in [6, 6.07) is 14.0. The van der Waals surface area contributed by atoms with E-state index in [9.17, 15) is 13.2 Å². The molecule has 0 radical (unpaired) electrons. The van der Waals surface area contributed by atoms with Crippen LogP contribution in [0.5, 0.6) is 0 Å². The zero-order valence-corrected chi connectivity index (χ0v) is 18.1. The van der Waals surface area contributed by atoms with E-state index in [4.69, 9.17) is 16.9 Å². The fourth-order valence-corrected chi connectivity index (χ4v) is 6.00. The van der Waals surface area contributed by atoms with Gasteiger partial charge in [0.05, 0.1) is 27.8 Å². The molecule has 30 heavy (non-hydrogen) atoms. The van der Waals surface area contributed by atoms with E-state index >= 15 is 0 Å². The minimum Gasteiger partial charge on any atom is -0.338 e. The number of amides is 1. The Labute approximate surface area is 183 Å². The Bertz CT molecular complexity index is 1270. The summed E-state index contributed by atoms with van der Waals surface area (Å²) in [5.74, 6) is -0.509. The van der Waals surface area contributed by atoms with Gasteiger partial charge in [-0.05, 0) is 42.3 Å². The number of nitrogens with zero attached hydrogens (tertiary/aromatic N) is 3. The van der Waals surface area contributed by atoms with E-state index in [1.54, 1.807) is 35.2 Å². The standard InChI is InChI=1S/C20H17ClN4O3S2/c21-18-5-4-17-16(24-18)9-19(29-17)30(27,28)23-11-15-6-7-25(20(15)26)12-14-3-1-2-13(8-14)10-22/h1-5,8-9,15,23H,6-7,11-12H2/t15-/m0/s1. The number of benzene rings is 1. The maximum absolute atomic E-state index is 12.7. The summed E-state index contributed by atoms with van der Waals surface area (Å²) in [5, 5.41) is 9.31. The fraction of sp³-hybridized carbons (Fsp3) is 0.250. The quantitative estimate of drug-likeness (QED) is 0.569. The predicted octanol–water partition coefficient (Wildman–Crippen LogP) is 3.15. The van der Waals surface area contributed by atoms with Gasteiger partial charge in [-0.3, -0.25) is 4.79 Å². The monoisotopic (exact) mass is 460 g/mol. The lowest BCUT2D eigenvalue weighted by atomic mass is 10.1. The highest BCUT2D eigenvalue weighted by Crippen LogP contribution is 2.29. The van der Waals surface area contributed by atoms with Gasteiger partial charge in [-0.15, -0.1) is 11.3 Å². The molecule has 10 heteroatoms. The molecule has 2 aromatic heterocycles. The second kappa shape index (κ2) is 8.32. The normalized spacial score (nSPS) is 16.9. The van der Waals surface area contributed by atoms with E-state index in [1.807, 2.05) is 6.07 Å². The number of aromatic nitrogens is 1. The average Bonchev–Trinajstić information content (AvgIpc) is 3.31. The van der Waals surface area contributed by atoms with Crippen molar-refractivity contribution in [1.29, 1.82) is 5.26 Å². The van der Waals surface area contributed by atoms with Gasteiger partial charge in [0.1, 0.15) is 9.36 Å². The summed E-state index contributed by atoms with van der Waals surface area (Å²) in [4.78, 5) is 18.5. The van der Waals surface area contributed by atoms with Crippen LogP contribution in [0.2, 0.25) is 5.15 Å². The first-order valence-corrected chi connectivity index (χ1v) is 11.9. The highest BCUT2D eigenvalue weighted by atomic mass is 35.5. The molecule has 1 saturated heterocycles. The molecule has 3 aromatic rings. The molecule has 1 aromatic carbocycles. The van der Waals surface area contributed by atoms with Crippen molar-refractivity contribution in [2.75, 3.05) is 13.1 Å². The Hall–Kier alpha value is -2.51. The van der Waals surface area contributed by atoms with Gasteiger partial charge in [0, 0.05) is 19.6 Å². The number of hydrogen-bond acceptors (Lipinski definition) is 6. The number of carbonyl (C=O) groups excluding carboxylic acids is 1. The molecule has 0 unspecified atom stereocenters. The fourth-order valence-electron chi connectivity index (χ4n) is 3.40. The molecule has 7 nitrogen and oxygen atoms in total. The average molecular weight is 461 g/mol. The van der Waals surface area contributed by atoms with Gasteiger partial charge in [-0.2, -0.15) is 5.26 Å². The van der Waals surface area contributed by atoms with Crippen LogP contribution in [0.1, 0.15) is 17.5 Å². The Balaban J connectivity index is 1.40. The first kappa shape index (κ1) is 20.8. The van der Waals surface area contributed by atoms with Gasteiger partial charge in [0.25, 0.3) is 0 Å². The van der Waals surface area contributed by atoms with Crippen molar-refractivity contribution in [3.63, 3.8) is 0 Å². The van der Waals surface area contributed by atoms with E-state index in [0.717, 1.165) is 21.6 Å². The van der Waals surface area contributed by atoms with Crippen molar-refractivity contribution in [2.45, 2.75) is 17.2 Å². The number of nitrogens with one attached hydrogen (secondary N) is 1. The van der Waals surface area contributed by atoms with Crippen molar-refractivity contribution in [1.82, 2.24) is 14.6 Å². The molecule has 1 N–H and O–H groups in total. The van der Waals surface area contributed by atoms with Gasteiger partial charge in [0.2, 0.25) is 15.9 Å². The van der Waals surface area contributed by atoms with Crippen LogP contribution in [0.25, 0.3) is 10.2 Å². The van der Waals surface area contributed by atoms with Crippen LogP contribution in [-0.2, 0) is 21.4 Å². The summed E-state index contributed by atoms with van der Waals surface area (Å²) in [6.45, 7) is 0.992. The van der Waals surface area contributed by atoms with Crippen molar-refractivity contribution >= 4 is 49.1 Å². The first-order chi connectivity index (χ1) is 14.4. The summed E-state index contributed by atoms with van der Waals surface area (Å²) < 4.78 is 28.8. The van der Waals surface area contributed by atoms with Gasteiger partial charge in [0.15, 0.2) is 0 Å². The Morgan fingerprint density at radius 1 is 1.30 bits per heavy atom. The lowest BCUT2D eigenvalue weighted by Gasteiger charge is -2.17. The molecule has 0 saturated carbocycles. The zero-order chi connectivity index (χ0) is 21.3. The number of thiophene rings is 1. The van der Waals surface area contributed by atoms with E-state index in [-0.39, 0.29) is 16.7 Å². The maximum atomic E-state index is 12.7. The third-order valence-electron chi connectivity index (χ3n) is 4.94. The van der Waals surface area contributed by atoms with Crippen LogP contribution < -0.4 is 4.72 Å². The summed E-state index contributed by atoms with van der Waals surface area (Å²) >= 11 is 6.97. The van der Waals surface area contributed by atoms with Crippen LogP contribution in [0.4, 0.5) is 0 Å². The lowest BCUT2D eigenvalue weighted by Crippen LogP contribution is -2.34. The highest BCUT2D eigenvalue weighted by molar-refractivity contribution is 7.91. The second-order valence-electron chi connectivity index (χ2n) is 6.99. The molecule has 0 spiro atoms. The number of nitriles is 1. The number of carbonyl (C=O) groups is 1. The molecule has 0 aliphatic carbocycles. The number of halogens is 1. The van der Waals surface area contributed by atoms with Crippen molar-refractivity contribution in [2.24, 2.45) is 5.92 Å². The zero-order valence-electron chi connectivity index (χ0n) is 15.7. The number of sulfonamides is 1. The third-order valence-corrected chi connectivity index (χ3v) is 8.14. The van der Waals surface area contributed by atoms with Crippen LogP contribution >= 0.6 is 22.9 Å². The van der Waals surface area contributed by atoms with Crippen LogP contribution in [0.15, 0.2) is 46.7 Å². The number of fused-ring (bicyclic) bond motifs is 1. The van der Waals surface area contributed by atoms with Gasteiger partial charge < -0.3 is 4.90 Å². The predicted molar refractivity (Wildman–Crippen MR) is 114 cm³/mol. The van der Waals surface area contributed by atoms with Crippen LogP contribution in [-0.4, -0.2) is 37.3 Å². The summed E-state index contributed by atoms with van der Waals surface area (Å²) in [5.41, 5.74) is 1.94. The number of hydrogen-bond donors (Lipinski definition) is 1. The molecule has 4 rings (SSSR count). The molecule has 1 atom stereocenters. The second-order valence-corrected chi connectivity index (χ2v) is 10.5. The maximum Gasteiger partial charge on any atom is 0.250 e. The number of rotatable bonds is 6. The van der Waals surface area contributed by atoms with E-state index in [2.05, 4.69) is 15.8 Å². The minimum absolute atomic E-state index is 0.0400. The van der Waals surface area contributed by atoms with Crippen molar-refractivity contribution < 1.29 is 13.2 Å². The van der Waals surface area contributed by atoms with E-state index in [0.29, 0.717) is 35.7 Å². The Morgan fingerprint density at radius 2 is 2.13 bits per heavy atom. The van der Waals surface area contributed by atoms with Crippen LogP contribution in [0, 0.1) is 17.2 Å². The van der Waals surface area contributed by atoms with Crippen molar-refractivity contribution in [3.05, 3.63) is 58.7 Å². The lowest BCUT2D eigenvalue weighted by molar-refractivity contribution is -0.131. The highest BCUT2D eigenvalue weighted by Gasteiger charge is 2.32. The van der Waals surface area contributed by atoms with Crippen LogP contribution in [0.3, 0.4) is 0 Å². The smallest absolute Gasteiger partial charge is 0.250 e. The molecule has 1 aliphatic heterocycles. The third kappa shape index (κ3) is 4.32. The van der Waals surface area contributed by atoms with E-state index < -0.39 is 15.9 Å². The molecular formula is C20H17ClN4O3S2. The largest absolute Gasteiger partial charge is 0.338 e. The summed E-state index contributed by atoms with van der Waals surface area (Å²) in [7, 11) is -3.75. The minimum atomic E-state index is -3.75. The first-order valence-electron chi connectivity index (χ1n) is 9.19. The Morgan fingerprint density at radius 3 is 2.93 bits per heavy atom. The SMILES string of the molecule is N#Cc1cccc(CN2CC[C@@H](CNS(=O)(=O)c3cc4nc(Cl)ccc4s3)C2=O)c1. The molecule has 3 heterocycles. The van der Waals surface area contributed by atoms with Gasteiger partial charge in [-0.1, -0.05) is 23.7 Å².